The van der Waals surface area contributed by atoms with Gasteiger partial charge in [0.1, 0.15) is 5.75 Å². The lowest BCUT2D eigenvalue weighted by Crippen LogP contribution is -2.41. The molecule has 0 bridgehead atoms. The molecule has 1 saturated heterocycles. The second-order valence-corrected chi connectivity index (χ2v) is 11.0. The normalized spacial score (nSPS) is 14.5. The Morgan fingerprint density at radius 2 is 1.71 bits per heavy atom. The van der Waals surface area contributed by atoms with Gasteiger partial charge in [0, 0.05) is 23.8 Å². The molecule has 0 saturated carbocycles. The van der Waals surface area contributed by atoms with Crippen LogP contribution in [0.5, 0.6) is 5.75 Å². The van der Waals surface area contributed by atoms with Crippen molar-refractivity contribution in [3.63, 3.8) is 0 Å². The highest BCUT2D eigenvalue weighted by molar-refractivity contribution is 7.92. The Bertz CT molecular complexity index is 1260. The summed E-state index contributed by atoms with van der Waals surface area (Å²) in [4.78, 5) is 14.7. The second-order valence-electron chi connectivity index (χ2n) is 8.84. The fourth-order valence-corrected chi connectivity index (χ4v) is 5.52. The quantitative estimate of drug-likeness (QED) is 0.444. The number of sulfonamides is 1. The van der Waals surface area contributed by atoms with Gasteiger partial charge in [0.2, 0.25) is 0 Å². The van der Waals surface area contributed by atoms with Gasteiger partial charge in [-0.2, -0.15) is 0 Å². The van der Waals surface area contributed by atoms with Crippen LogP contribution in [0.1, 0.15) is 24.0 Å². The van der Waals surface area contributed by atoms with Crippen LogP contribution in [0.4, 0.5) is 5.69 Å². The van der Waals surface area contributed by atoms with Crippen LogP contribution in [0, 0.1) is 12.8 Å². The van der Waals surface area contributed by atoms with E-state index >= 15 is 0 Å². The minimum Gasteiger partial charge on any atom is -0.483 e. The molecule has 1 heterocycles. The van der Waals surface area contributed by atoms with Crippen LogP contribution in [-0.2, 0) is 21.2 Å². The minimum absolute atomic E-state index is 0.0522. The van der Waals surface area contributed by atoms with Gasteiger partial charge in [-0.3, -0.25) is 9.52 Å². The van der Waals surface area contributed by atoms with Crippen molar-refractivity contribution in [1.29, 1.82) is 0 Å². The number of likely N-dealkylation sites (tertiary alicyclic amines) is 1. The third-order valence-corrected chi connectivity index (χ3v) is 7.87. The minimum atomic E-state index is -3.77. The van der Waals surface area contributed by atoms with Crippen molar-refractivity contribution in [2.24, 2.45) is 5.92 Å². The maximum absolute atomic E-state index is 12.7. The Hall–Kier alpha value is -3.03. The first-order valence-corrected chi connectivity index (χ1v) is 13.5. The molecule has 0 atom stereocenters. The highest BCUT2D eigenvalue weighted by Crippen LogP contribution is 2.25. The van der Waals surface area contributed by atoms with Crippen molar-refractivity contribution in [2.75, 3.05) is 24.4 Å². The largest absolute Gasteiger partial charge is 0.483 e. The van der Waals surface area contributed by atoms with Crippen molar-refractivity contribution < 1.29 is 17.9 Å². The van der Waals surface area contributed by atoms with Crippen LogP contribution in [-0.4, -0.2) is 38.9 Å². The molecule has 184 valence electrons. The number of nitrogens with one attached hydrogen (secondary N) is 1. The van der Waals surface area contributed by atoms with E-state index in [0.717, 1.165) is 32.4 Å². The van der Waals surface area contributed by atoms with Crippen molar-refractivity contribution in [3.8, 4) is 5.75 Å². The number of amides is 1. The van der Waals surface area contributed by atoms with Crippen molar-refractivity contribution in [3.05, 3.63) is 88.9 Å². The molecule has 0 spiro atoms. The average molecular weight is 513 g/mol. The summed E-state index contributed by atoms with van der Waals surface area (Å²) in [6, 6.07) is 21.5. The van der Waals surface area contributed by atoms with Crippen LogP contribution in [0.3, 0.4) is 0 Å². The molecule has 4 rings (SSSR count). The second kappa shape index (κ2) is 11.1. The van der Waals surface area contributed by atoms with Gasteiger partial charge in [-0.05, 0) is 85.7 Å². The first-order chi connectivity index (χ1) is 16.8. The molecule has 1 N–H and O–H groups in total. The summed E-state index contributed by atoms with van der Waals surface area (Å²) in [6.07, 6.45) is 3.00. The predicted octanol–water partition coefficient (Wildman–Crippen LogP) is 5.31. The molecule has 0 radical (unpaired) electrons. The van der Waals surface area contributed by atoms with E-state index in [-0.39, 0.29) is 17.4 Å². The summed E-state index contributed by atoms with van der Waals surface area (Å²) in [6.45, 7) is 3.15. The van der Waals surface area contributed by atoms with Crippen LogP contribution < -0.4 is 9.46 Å². The summed E-state index contributed by atoms with van der Waals surface area (Å²) in [5.41, 5.74) is 2.40. The summed E-state index contributed by atoms with van der Waals surface area (Å²) >= 11 is 5.86. The molecule has 0 aromatic heterocycles. The van der Waals surface area contributed by atoms with Gasteiger partial charge in [-0.1, -0.05) is 41.9 Å². The van der Waals surface area contributed by atoms with Crippen molar-refractivity contribution >= 4 is 33.2 Å². The number of carbonyl (C=O) groups is 1. The molecule has 3 aromatic carbocycles. The molecule has 35 heavy (non-hydrogen) atoms. The molecule has 8 heteroatoms. The van der Waals surface area contributed by atoms with Crippen LogP contribution in [0.2, 0.25) is 5.02 Å². The monoisotopic (exact) mass is 512 g/mol. The highest BCUT2D eigenvalue weighted by atomic mass is 35.5. The van der Waals surface area contributed by atoms with Gasteiger partial charge >= 0.3 is 0 Å². The lowest BCUT2D eigenvalue weighted by Gasteiger charge is -2.32. The van der Waals surface area contributed by atoms with E-state index in [0.29, 0.717) is 27.9 Å². The van der Waals surface area contributed by atoms with Gasteiger partial charge in [-0.25, -0.2) is 8.42 Å². The fourth-order valence-electron chi connectivity index (χ4n) is 4.25. The Morgan fingerprint density at radius 3 is 2.37 bits per heavy atom. The van der Waals surface area contributed by atoms with Gasteiger partial charge in [0.25, 0.3) is 15.9 Å². The summed E-state index contributed by atoms with van der Waals surface area (Å²) in [5, 5.41) is 0.524. The topological polar surface area (TPSA) is 75.7 Å². The van der Waals surface area contributed by atoms with E-state index in [9.17, 15) is 13.2 Å². The molecule has 0 aliphatic carbocycles. The highest BCUT2D eigenvalue weighted by Gasteiger charge is 2.23. The maximum Gasteiger partial charge on any atom is 0.261 e. The number of nitrogens with zero attached hydrogens (tertiary/aromatic N) is 1. The number of hydrogen-bond acceptors (Lipinski definition) is 4. The molecule has 1 amide bonds. The van der Waals surface area contributed by atoms with Crippen LogP contribution in [0.25, 0.3) is 0 Å². The summed E-state index contributed by atoms with van der Waals surface area (Å²) in [7, 11) is -3.77. The number of ether oxygens (including phenoxy) is 1. The summed E-state index contributed by atoms with van der Waals surface area (Å²) in [5.74, 6) is 1.02. The number of aryl methyl sites for hydroxylation is 1. The number of halogens is 1. The number of rotatable bonds is 8. The Kier molecular flexibility index (Phi) is 7.98. The average Bonchev–Trinajstić information content (AvgIpc) is 2.85. The third-order valence-electron chi connectivity index (χ3n) is 6.24. The predicted molar refractivity (Wildman–Crippen MR) is 138 cm³/mol. The van der Waals surface area contributed by atoms with E-state index in [4.69, 9.17) is 16.3 Å². The number of benzene rings is 3. The van der Waals surface area contributed by atoms with E-state index in [2.05, 4.69) is 29.0 Å². The zero-order valence-corrected chi connectivity index (χ0v) is 21.2. The van der Waals surface area contributed by atoms with Crippen LogP contribution in [0.15, 0.2) is 77.7 Å². The van der Waals surface area contributed by atoms with E-state index in [1.54, 1.807) is 37.3 Å². The zero-order valence-electron chi connectivity index (χ0n) is 19.6. The lowest BCUT2D eigenvalue weighted by molar-refractivity contribution is -0.134. The Morgan fingerprint density at radius 1 is 1.03 bits per heavy atom. The van der Waals surface area contributed by atoms with Crippen LogP contribution >= 0.6 is 11.6 Å². The number of carbonyl (C=O) groups excluding carboxylic acids is 1. The molecule has 1 aliphatic rings. The summed E-state index contributed by atoms with van der Waals surface area (Å²) < 4.78 is 33.7. The van der Waals surface area contributed by atoms with Gasteiger partial charge in [0.15, 0.2) is 6.61 Å². The fraction of sp³-hybridized carbons (Fsp3) is 0.296. The Balaban J connectivity index is 1.29. The van der Waals surface area contributed by atoms with E-state index < -0.39 is 10.0 Å². The number of anilines is 1. The number of piperidine rings is 1. The molecule has 0 unspecified atom stereocenters. The van der Waals surface area contributed by atoms with Gasteiger partial charge in [-0.15, -0.1) is 0 Å². The SMILES string of the molecule is Cc1cc(S(=O)(=O)Nc2ccc(Cl)cc2)ccc1OCC(=O)N1CCC(Cc2ccccc2)CC1. The lowest BCUT2D eigenvalue weighted by atomic mass is 9.90. The first kappa shape index (κ1) is 25.1. The molecular weight excluding hydrogens is 484 g/mol. The first-order valence-electron chi connectivity index (χ1n) is 11.6. The third kappa shape index (κ3) is 6.77. The van der Waals surface area contributed by atoms with E-state index in [1.165, 1.54) is 17.7 Å². The number of hydrogen-bond donors (Lipinski definition) is 1. The zero-order chi connectivity index (χ0) is 24.8. The smallest absolute Gasteiger partial charge is 0.261 e. The standard InChI is InChI=1S/C27H29ClN2O4S/c1-20-17-25(35(32,33)29-24-9-7-23(28)8-10-24)11-12-26(20)34-19-27(31)30-15-13-22(14-16-30)18-21-5-3-2-4-6-21/h2-12,17,22,29H,13-16,18-19H2,1H3. The molecule has 1 fully saturated rings. The molecule has 1 aliphatic heterocycles. The van der Waals surface area contributed by atoms with E-state index in [1.807, 2.05) is 11.0 Å². The van der Waals surface area contributed by atoms with Gasteiger partial charge < -0.3 is 9.64 Å². The Labute approximate surface area is 211 Å². The molecule has 3 aromatic rings. The molecular formula is C27H29ClN2O4S. The molecule has 6 nitrogen and oxygen atoms in total. The van der Waals surface area contributed by atoms with Crippen molar-refractivity contribution in [2.45, 2.75) is 31.1 Å². The maximum atomic E-state index is 12.7. The van der Waals surface area contributed by atoms with Crippen molar-refractivity contribution in [1.82, 2.24) is 4.90 Å². The van der Waals surface area contributed by atoms with Gasteiger partial charge in [0.05, 0.1) is 4.90 Å².